The summed E-state index contributed by atoms with van der Waals surface area (Å²) in [7, 11) is 3.61. The number of carbonyl (C=O) groups is 2. The van der Waals surface area contributed by atoms with Crippen molar-refractivity contribution in [2.45, 2.75) is 6.54 Å². The van der Waals surface area contributed by atoms with Gasteiger partial charge in [0.05, 0.1) is 17.4 Å². The van der Waals surface area contributed by atoms with Crippen LogP contribution in [-0.4, -0.2) is 75.2 Å². The van der Waals surface area contributed by atoms with Gasteiger partial charge < -0.3 is 25.0 Å². The quantitative estimate of drug-likeness (QED) is 0.496. The highest BCUT2D eigenvalue weighted by molar-refractivity contribution is 5.81. The monoisotopic (exact) mass is 299 g/mol. The van der Waals surface area contributed by atoms with Crippen LogP contribution in [0.1, 0.15) is 0 Å². The zero-order valence-electron chi connectivity index (χ0n) is 11.8. The Morgan fingerprint density at radius 2 is 2.10 bits per heavy atom. The number of hydrogen-bond donors (Lipinski definition) is 1. The number of carbonyl (C=O) groups excluding carboxylic acids is 1. The topological polar surface area (TPSA) is 122 Å². The summed E-state index contributed by atoms with van der Waals surface area (Å²) in [5.41, 5.74) is 0. The van der Waals surface area contributed by atoms with Gasteiger partial charge in [0.25, 0.3) is 0 Å². The maximum Gasteiger partial charge on any atom is 0.389 e. The van der Waals surface area contributed by atoms with Gasteiger partial charge in [-0.3, -0.25) is 9.59 Å². The number of nitrogens with zero attached hydrogens (tertiary/aromatic N) is 5. The Hall–Kier alpha value is -2.49. The van der Waals surface area contributed by atoms with Gasteiger partial charge in [0.15, 0.2) is 0 Å². The highest BCUT2D eigenvalue weighted by Gasteiger charge is 2.20. The van der Waals surface area contributed by atoms with E-state index in [1.165, 1.54) is 17.2 Å². The van der Waals surface area contributed by atoms with E-state index in [0.717, 1.165) is 4.68 Å². The van der Waals surface area contributed by atoms with Crippen LogP contribution in [0.15, 0.2) is 12.3 Å². The van der Waals surface area contributed by atoms with Crippen molar-refractivity contribution < 1.29 is 19.6 Å². The van der Waals surface area contributed by atoms with Crippen LogP contribution >= 0.6 is 0 Å². The molecule has 0 aliphatic heterocycles. The van der Waals surface area contributed by atoms with Crippen LogP contribution in [0.25, 0.3) is 0 Å². The molecule has 0 spiro atoms. The predicted octanol–water partition coefficient (Wildman–Crippen LogP) is -0.734. The van der Waals surface area contributed by atoms with Crippen LogP contribution in [0, 0.1) is 10.1 Å². The van der Waals surface area contributed by atoms with E-state index in [-0.39, 0.29) is 18.9 Å². The van der Waals surface area contributed by atoms with Crippen LogP contribution in [0.2, 0.25) is 0 Å². The first-order valence-electron chi connectivity index (χ1n) is 6.11. The van der Waals surface area contributed by atoms with Gasteiger partial charge in [-0.15, -0.1) is 0 Å². The highest BCUT2D eigenvalue weighted by atomic mass is 16.6. The second-order valence-corrected chi connectivity index (χ2v) is 4.64. The average molecular weight is 299 g/mol. The molecule has 0 unspecified atom stereocenters. The van der Waals surface area contributed by atoms with E-state index < -0.39 is 23.3 Å². The maximum absolute atomic E-state index is 12.1. The maximum atomic E-state index is 12.1. The summed E-state index contributed by atoms with van der Waals surface area (Å²) >= 11 is 0. The molecule has 0 radical (unpaired) electrons. The summed E-state index contributed by atoms with van der Waals surface area (Å²) in [6.45, 7) is 0.102. The van der Waals surface area contributed by atoms with Gasteiger partial charge in [0, 0.05) is 13.1 Å². The summed E-state index contributed by atoms with van der Waals surface area (Å²) in [6.07, 6.45) is 1.31. The normalized spacial score (nSPS) is 10.6. The van der Waals surface area contributed by atoms with Crippen molar-refractivity contribution >= 4 is 17.7 Å². The zero-order chi connectivity index (χ0) is 16.0. The van der Waals surface area contributed by atoms with Gasteiger partial charge in [0.1, 0.15) is 13.1 Å². The Labute approximate surface area is 120 Å². The molecule has 0 aromatic carbocycles. The van der Waals surface area contributed by atoms with E-state index in [4.69, 9.17) is 5.11 Å². The molecule has 21 heavy (non-hydrogen) atoms. The van der Waals surface area contributed by atoms with E-state index >= 15 is 0 Å². The SMILES string of the molecule is CN(C)CCN(CC(=O)O)C(=O)Cn1ccc([N+](=O)[O-])n1. The first-order chi connectivity index (χ1) is 9.79. The van der Waals surface area contributed by atoms with Gasteiger partial charge in [-0.05, 0) is 19.0 Å². The molecular weight excluding hydrogens is 282 g/mol. The third kappa shape index (κ3) is 5.57. The molecular formula is C11H17N5O5. The molecule has 116 valence electrons. The number of aliphatic carboxylic acids is 1. The molecule has 1 N–H and O–H groups in total. The second kappa shape index (κ2) is 7.33. The molecule has 0 aliphatic rings. The van der Waals surface area contributed by atoms with Crippen molar-refractivity contribution in [3.05, 3.63) is 22.4 Å². The fourth-order valence-corrected chi connectivity index (χ4v) is 1.55. The van der Waals surface area contributed by atoms with E-state index in [1.807, 2.05) is 4.90 Å². The van der Waals surface area contributed by atoms with Gasteiger partial charge in [0.2, 0.25) is 5.91 Å². The number of likely N-dealkylation sites (N-methyl/N-ethyl adjacent to an activating group) is 1. The smallest absolute Gasteiger partial charge is 0.389 e. The van der Waals surface area contributed by atoms with Crippen molar-refractivity contribution in [1.29, 1.82) is 0 Å². The number of carboxylic acids is 1. The van der Waals surface area contributed by atoms with Crippen LogP contribution < -0.4 is 0 Å². The lowest BCUT2D eigenvalue weighted by molar-refractivity contribution is -0.389. The van der Waals surface area contributed by atoms with Crippen molar-refractivity contribution in [2.24, 2.45) is 0 Å². The lowest BCUT2D eigenvalue weighted by Crippen LogP contribution is -2.41. The number of aromatic nitrogens is 2. The fraction of sp³-hybridized carbons (Fsp3) is 0.545. The van der Waals surface area contributed by atoms with E-state index in [1.54, 1.807) is 14.1 Å². The summed E-state index contributed by atoms with van der Waals surface area (Å²) < 4.78 is 1.12. The zero-order valence-corrected chi connectivity index (χ0v) is 11.8. The van der Waals surface area contributed by atoms with Crippen LogP contribution in [0.4, 0.5) is 5.82 Å². The lowest BCUT2D eigenvalue weighted by Gasteiger charge is -2.22. The van der Waals surface area contributed by atoms with Gasteiger partial charge in [-0.2, -0.15) is 4.68 Å². The summed E-state index contributed by atoms with van der Waals surface area (Å²) in [4.78, 5) is 35.7. The first kappa shape index (κ1) is 16.6. The highest BCUT2D eigenvalue weighted by Crippen LogP contribution is 2.05. The van der Waals surface area contributed by atoms with Gasteiger partial charge in [-0.25, -0.2) is 0 Å². The molecule has 10 heteroatoms. The van der Waals surface area contributed by atoms with Crippen molar-refractivity contribution in [3.8, 4) is 0 Å². The number of nitro groups is 1. The largest absolute Gasteiger partial charge is 0.480 e. The molecule has 0 saturated heterocycles. The van der Waals surface area contributed by atoms with E-state index in [9.17, 15) is 19.7 Å². The summed E-state index contributed by atoms with van der Waals surface area (Å²) in [6, 6.07) is 1.18. The number of carboxylic acid groups (broad SMARTS) is 1. The molecule has 1 aromatic heterocycles. The Morgan fingerprint density at radius 3 is 2.57 bits per heavy atom. The second-order valence-electron chi connectivity index (χ2n) is 4.64. The van der Waals surface area contributed by atoms with Crippen LogP contribution in [0.3, 0.4) is 0 Å². The third-order valence-corrected chi connectivity index (χ3v) is 2.61. The molecule has 1 rings (SSSR count). The molecule has 0 bridgehead atoms. The molecule has 0 aliphatic carbocycles. The number of hydrogen-bond acceptors (Lipinski definition) is 6. The number of amides is 1. The minimum absolute atomic E-state index is 0.242. The Kier molecular flexibility index (Phi) is 5.79. The van der Waals surface area contributed by atoms with Gasteiger partial charge >= 0.3 is 11.8 Å². The molecule has 1 aromatic rings. The van der Waals surface area contributed by atoms with E-state index in [0.29, 0.717) is 6.54 Å². The summed E-state index contributed by atoms with van der Waals surface area (Å²) in [5.74, 6) is -1.94. The molecule has 0 atom stereocenters. The Morgan fingerprint density at radius 1 is 1.43 bits per heavy atom. The van der Waals surface area contributed by atoms with Crippen LogP contribution in [-0.2, 0) is 16.1 Å². The van der Waals surface area contributed by atoms with Gasteiger partial charge in [-0.1, -0.05) is 0 Å². The van der Waals surface area contributed by atoms with E-state index in [2.05, 4.69) is 5.10 Å². The van der Waals surface area contributed by atoms with Crippen molar-refractivity contribution in [3.63, 3.8) is 0 Å². The Balaban J connectivity index is 2.69. The van der Waals surface area contributed by atoms with Crippen LogP contribution in [0.5, 0.6) is 0 Å². The number of rotatable bonds is 8. The Bertz CT molecular complexity index is 527. The first-order valence-corrected chi connectivity index (χ1v) is 6.11. The molecule has 10 nitrogen and oxygen atoms in total. The standard InChI is InChI=1S/C11H17N5O5/c1-13(2)5-6-14(8-11(18)19)10(17)7-15-4-3-9(12-15)16(20)21/h3-4H,5-8H2,1-2H3,(H,18,19). The minimum atomic E-state index is -1.12. The van der Waals surface area contributed by atoms with Crippen molar-refractivity contribution in [1.82, 2.24) is 19.6 Å². The average Bonchev–Trinajstić information content (AvgIpc) is 2.82. The lowest BCUT2D eigenvalue weighted by atomic mass is 10.4. The molecule has 1 amide bonds. The third-order valence-electron chi connectivity index (χ3n) is 2.61. The minimum Gasteiger partial charge on any atom is -0.480 e. The molecule has 0 saturated carbocycles. The summed E-state index contributed by atoms with van der Waals surface area (Å²) in [5, 5.41) is 22.9. The predicted molar refractivity (Wildman–Crippen MR) is 71.7 cm³/mol. The molecule has 0 fully saturated rings. The fourth-order valence-electron chi connectivity index (χ4n) is 1.55. The van der Waals surface area contributed by atoms with Crippen molar-refractivity contribution in [2.75, 3.05) is 33.7 Å². The molecule has 1 heterocycles.